The Hall–Kier alpha value is -1.52. The molecule has 0 radical (unpaired) electrons. The lowest BCUT2D eigenvalue weighted by molar-refractivity contribution is -0.121. The summed E-state index contributed by atoms with van der Waals surface area (Å²) in [7, 11) is 0. The van der Waals surface area contributed by atoms with Gasteiger partial charge in [0.15, 0.2) is 0 Å². The number of anilines is 1. The maximum Gasteiger partial charge on any atom is 0.220 e. The van der Waals surface area contributed by atoms with Crippen molar-refractivity contribution in [1.29, 1.82) is 0 Å². The maximum atomic E-state index is 11.8. The highest BCUT2D eigenvalue weighted by molar-refractivity contribution is 7.11. The Kier molecular flexibility index (Phi) is 6.55. The lowest BCUT2D eigenvalue weighted by Gasteiger charge is -2.06. The Morgan fingerprint density at radius 2 is 2.00 bits per heavy atom. The van der Waals surface area contributed by atoms with E-state index in [1.807, 2.05) is 24.3 Å². The smallest absolute Gasteiger partial charge is 0.220 e. The fraction of sp³-hybridized carbons (Fsp3) is 0.267. The van der Waals surface area contributed by atoms with E-state index in [9.17, 15) is 4.79 Å². The van der Waals surface area contributed by atoms with E-state index in [2.05, 4.69) is 24.4 Å². The molecule has 108 valence electrons. The minimum Gasteiger partial charge on any atom is -0.399 e. The minimum atomic E-state index is 0. The van der Waals surface area contributed by atoms with Crippen molar-refractivity contribution in [2.45, 2.75) is 26.3 Å². The highest BCUT2D eigenvalue weighted by Crippen LogP contribution is 2.15. The van der Waals surface area contributed by atoms with Gasteiger partial charge in [0, 0.05) is 21.9 Å². The third-order valence-corrected chi connectivity index (χ3v) is 3.93. The molecule has 3 nitrogen and oxygen atoms in total. The first-order chi connectivity index (χ1) is 9.15. The van der Waals surface area contributed by atoms with Gasteiger partial charge < -0.3 is 11.1 Å². The second kappa shape index (κ2) is 7.92. The van der Waals surface area contributed by atoms with Gasteiger partial charge in [0.25, 0.3) is 0 Å². The summed E-state index contributed by atoms with van der Waals surface area (Å²) in [4.78, 5) is 14.2. The Bertz CT molecular complexity index is 569. The molecule has 20 heavy (non-hydrogen) atoms. The van der Waals surface area contributed by atoms with Crippen LogP contribution in [-0.4, -0.2) is 5.91 Å². The number of amides is 1. The number of rotatable bonds is 5. The van der Waals surface area contributed by atoms with E-state index in [1.165, 1.54) is 9.75 Å². The number of halogens is 1. The van der Waals surface area contributed by atoms with Crippen LogP contribution >= 0.6 is 23.7 Å². The fourth-order valence-electron chi connectivity index (χ4n) is 1.86. The molecule has 2 rings (SSSR count). The van der Waals surface area contributed by atoms with Crippen LogP contribution in [-0.2, 0) is 17.8 Å². The van der Waals surface area contributed by atoms with Crippen LogP contribution in [0.1, 0.15) is 21.7 Å². The van der Waals surface area contributed by atoms with Gasteiger partial charge in [-0.05, 0) is 37.1 Å². The van der Waals surface area contributed by atoms with Gasteiger partial charge in [0.2, 0.25) is 5.91 Å². The third-order valence-electron chi connectivity index (χ3n) is 2.93. The van der Waals surface area contributed by atoms with E-state index in [-0.39, 0.29) is 18.3 Å². The largest absolute Gasteiger partial charge is 0.399 e. The monoisotopic (exact) mass is 310 g/mol. The molecule has 1 aromatic carbocycles. The molecule has 0 atom stereocenters. The zero-order chi connectivity index (χ0) is 13.7. The molecule has 0 aliphatic rings. The second-order valence-corrected chi connectivity index (χ2v) is 5.86. The molecular weight excluding hydrogens is 292 g/mol. The van der Waals surface area contributed by atoms with Crippen molar-refractivity contribution in [2.24, 2.45) is 0 Å². The summed E-state index contributed by atoms with van der Waals surface area (Å²) in [5.41, 5.74) is 7.63. The predicted molar refractivity (Wildman–Crippen MR) is 87.3 cm³/mol. The number of hydrogen-bond acceptors (Lipinski definition) is 3. The molecule has 0 fully saturated rings. The van der Waals surface area contributed by atoms with Crippen LogP contribution in [0.15, 0.2) is 36.4 Å². The maximum absolute atomic E-state index is 11.8. The first kappa shape index (κ1) is 16.5. The van der Waals surface area contributed by atoms with E-state index in [0.29, 0.717) is 19.4 Å². The first-order valence-corrected chi connectivity index (χ1v) is 7.12. The van der Waals surface area contributed by atoms with Crippen molar-refractivity contribution >= 4 is 35.3 Å². The van der Waals surface area contributed by atoms with Gasteiger partial charge in [0.1, 0.15) is 0 Å². The fourth-order valence-corrected chi connectivity index (χ4v) is 2.69. The van der Waals surface area contributed by atoms with E-state index in [0.717, 1.165) is 11.3 Å². The topological polar surface area (TPSA) is 55.1 Å². The predicted octanol–water partition coefficient (Wildman–Crippen LogP) is 3.31. The standard InChI is InChI=1S/C15H18N2OS.ClH/c1-11-6-8-13(19-11)10-17-15(18)9-7-12-4-2-3-5-14(12)16;/h2-6,8H,7,9-10,16H2,1H3,(H,17,18);1H. The van der Waals surface area contributed by atoms with Gasteiger partial charge in [-0.15, -0.1) is 23.7 Å². The van der Waals surface area contributed by atoms with Crippen LogP contribution in [0.25, 0.3) is 0 Å². The quantitative estimate of drug-likeness (QED) is 0.832. The molecule has 5 heteroatoms. The number of carbonyl (C=O) groups is 1. The van der Waals surface area contributed by atoms with Crippen LogP contribution < -0.4 is 11.1 Å². The highest BCUT2D eigenvalue weighted by Gasteiger charge is 2.05. The molecule has 2 aromatic rings. The van der Waals surface area contributed by atoms with Crippen molar-refractivity contribution < 1.29 is 4.79 Å². The van der Waals surface area contributed by atoms with Crippen molar-refractivity contribution in [3.05, 3.63) is 51.7 Å². The van der Waals surface area contributed by atoms with E-state index >= 15 is 0 Å². The number of nitrogen functional groups attached to an aromatic ring is 1. The summed E-state index contributed by atoms with van der Waals surface area (Å²) >= 11 is 1.71. The summed E-state index contributed by atoms with van der Waals surface area (Å²) in [6, 6.07) is 11.8. The summed E-state index contributed by atoms with van der Waals surface area (Å²) in [6.45, 7) is 2.68. The van der Waals surface area contributed by atoms with E-state index in [4.69, 9.17) is 5.73 Å². The number of carbonyl (C=O) groups excluding carboxylic acids is 1. The molecule has 0 saturated heterocycles. The van der Waals surface area contributed by atoms with Crippen molar-refractivity contribution in [2.75, 3.05) is 5.73 Å². The van der Waals surface area contributed by atoms with Crippen LogP contribution in [0.4, 0.5) is 5.69 Å². The number of thiophene rings is 1. The average molecular weight is 311 g/mol. The van der Waals surface area contributed by atoms with Crippen LogP contribution in [0, 0.1) is 6.92 Å². The Morgan fingerprint density at radius 3 is 2.65 bits per heavy atom. The molecular formula is C15H19ClN2OS. The number of aryl methyl sites for hydroxylation is 2. The Labute approximate surface area is 129 Å². The zero-order valence-electron chi connectivity index (χ0n) is 11.4. The summed E-state index contributed by atoms with van der Waals surface area (Å²) in [5.74, 6) is 0.0642. The molecule has 0 saturated carbocycles. The molecule has 0 unspecified atom stereocenters. The first-order valence-electron chi connectivity index (χ1n) is 6.30. The number of hydrogen-bond donors (Lipinski definition) is 2. The molecule has 1 aromatic heterocycles. The summed E-state index contributed by atoms with van der Waals surface area (Å²) in [6.07, 6.45) is 1.15. The molecule has 0 spiro atoms. The van der Waals surface area contributed by atoms with Gasteiger partial charge in [-0.1, -0.05) is 18.2 Å². The van der Waals surface area contributed by atoms with Gasteiger partial charge >= 0.3 is 0 Å². The Morgan fingerprint density at radius 1 is 1.25 bits per heavy atom. The van der Waals surface area contributed by atoms with E-state index in [1.54, 1.807) is 11.3 Å². The van der Waals surface area contributed by atoms with Crippen LogP contribution in [0.5, 0.6) is 0 Å². The van der Waals surface area contributed by atoms with Crippen molar-refractivity contribution in [3.63, 3.8) is 0 Å². The average Bonchev–Trinajstić information content (AvgIpc) is 2.81. The number of nitrogens with one attached hydrogen (secondary N) is 1. The van der Waals surface area contributed by atoms with Gasteiger partial charge in [-0.3, -0.25) is 4.79 Å². The highest BCUT2D eigenvalue weighted by atomic mass is 35.5. The van der Waals surface area contributed by atoms with Crippen molar-refractivity contribution in [3.8, 4) is 0 Å². The molecule has 0 bridgehead atoms. The minimum absolute atomic E-state index is 0. The Balaban J connectivity index is 0.00000200. The number of nitrogens with two attached hydrogens (primary N) is 1. The number of para-hydroxylation sites is 1. The van der Waals surface area contributed by atoms with Crippen LogP contribution in [0.2, 0.25) is 0 Å². The SMILES string of the molecule is Cc1ccc(CNC(=O)CCc2ccccc2N)s1.Cl. The van der Waals surface area contributed by atoms with Gasteiger partial charge in [-0.25, -0.2) is 0 Å². The van der Waals surface area contributed by atoms with Gasteiger partial charge in [-0.2, -0.15) is 0 Å². The normalized spacial score (nSPS) is 9.85. The molecule has 1 heterocycles. The number of benzene rings is 1. The summed E-state index contributed by atoms with van der Waals surface area (Å²) in [5, 5.41) is 2.93. The van der Waals surface area contributed by atoms with E-state index < -0.39 is 0 Å². The van der Waals surface area contributed by atoms with Crippen molar-refractivity contribution in [1.82, 2.24) is 5.32 Å². The van der Waals surface area contributed by atoms with Gasteiger partial charge in [0.05, 0.1) is 6.54 Å². The second-order valence-electron chi connectivity index (χ2n) is 4.49. The summed E-state index contributed by atoms with van der Waals surface area (Å²) < 4.78 is 0. The molecule has 1 amide bonds. The molecule has 0 aliphatic carbocycles. The third kappa shape index (κ3) is 4.87. The lowest BCUT2D eigenvalue weighted by atomic mass is 10.1. The molecule has 3 N–H and O–H groups in total. The zero-order valence-corrected chi connectivity index (χ0v) is 13.0. The lowest BCUT2D eigenvalue weighted by Crippen LogP contribution is -2.22. The molecule has 0 aliphatic heterocycles. The van der Waals surface area contributed by atoms with Crippen LogP contribution in [0.3, 0.4) is 0 Å².